The summed E-state index contributed by atoms with van der Waals surface area (Å²) in [5, 5.41) is 3.19. The van der Waals surface area contributed by atoms with E-state index < -0.39 is 0 Å². The molecule has 5 nitrogen and oxygen atoms in total. The highest BCUT2D eigenvalue weighted by Gasteiger charge is 2.15. The second kappa shape index (κ2) is 7.62. The van der Waals surface area contributed by atoms with Gasteiger partial charge in [0, 0.05) is 30.1 Å². The van der Waals surface area contributed by atoms with Gasteiger partial charge in [-0.2, -0.15) is 0 Å². The molecule has 0 aliphatic carbocycles. The van der Waals surface area contributed by atoms with E-state index >= 15 is 0 Å². The number of fused-ring (bicyclic) bond motifs is 1. The first-order valence-corrected chi connectivity index (χ1v) is 8.96. The summed E-state index contributed by atoms with van der Waals surface area (Å²) in [6, 6.07) is 13.5. The van der Waals surface area contributed by atoms with Crippen molar-refractivity contribution in [3.05, 3.63) is 65.9 Å². The summed E-state index contributed by atoms with van der Waals surface area (Å²) in [5.74, 6) is 1.22. The smallest absolute Gasteiger partial charge is 0.231 e. The maximum absolute atomic E-state index is 12.3. The number of carbonyl (C=O) groups excluding carboxylic acids is 1. The zero-order chi connectivity index (χ0) is 17.8. The van der Waals surface area contributed by atoms with Crippen molar-refractivity contribution in [3.63, 3.8) is 0 Å². The third-order valence-electron chi connectivity index (χ3n) is 4.67. The van der Waals surface area contributed by atoms with Crippen LogP contribution >= 0.6 is 0 Å². The molecule has 0 radical (unpaired) electrons. The van der Waals surface area contributed by atoms with Crippen LogP contribution in [0.15, 0.2) is 54.7 Å². The average molecular weight is 350 g/mol. The van der Waals surface area contributed by atoms with E-state index in [1.165, 1.54) is 37.6 Å². The van der Waals surface area contributed by atoms with Crippen molar-refractivity contribution in [1.82, 2.24) is 4.90 Å². The lowest BCUT2D eigenvalue weighted by atomic mass is 10.1. The van der Waals surface area contributed by atoms with Crippen molar-refractivity contribution in [3.8, 4) is 11.5 Å². The van der Waals surface area contributed by atoms with E-state index in [4.69, 9.17) is 9.47 Å². The molecule has 2 aliphatic heterocycles. The highest BCUT2D eigenvalue weighted by Crippen LogP contribution is 2.32. The number of nitrogens with one attached hydrogen (secondary N) is 1. The van der Waals surface area contributed by atoms with Gasteiger partial charge < -0.3 is 14.8 Å². The molecule has 1 N–H and O–H groups in total. The van der Waals surface area contributed by atoms with Crippen molar-refractivity contribution in [2.45, 2.75) is 19.4 Å². The van der Waals surface area contributed by atoms with Crippen molar-refractivity contribution in [2.24, 2.45) is 0 Å². The molecule has 0 aromatic heterocycles. The predicted octanol–water partition coefficient (Wildman–Crippen LogP) is 3.82. The van der Waals surface area contributed by atoms with Gasteiger partial charge in [-0.05, 0) is 61.8 Å². The summed E-state index contributed by atoms with van der Waals surface area (Å²) >= 11 is 0. The van der Waals surface area contributed by atoms with E-state index in [-0.39, 0.29) is 12.6 Å². The Morgan fingerprint density at radius 1 is 1.08 bits per heavy atom. The van der Waals surface area contributed by atoms with Crippen LogP contribution in [-0.2, 0) is 6.54 Å². The molecular formula is C21H22N2O3. The van der Waals surface area contributed by atoms with Gasteiger partial charge in [0.25, 0.3) is 0 Å². The van der Waals surface area contributed by atoms with Crippen LogP contribution in [0, 0.1) is 0 Å². The van der Waals surface area contributed by atoms with E-state index in [1.807, 2.05) is 12.1 Å². The van der Waals surface area contributed by atoms with E-state index in [0.29, 0.717) is 17.1 Å². The molecule has 0 amide bonds. The van der Waals surface area contributed by atoms with E-state index in [1.54, 1.807) is 24.4 Å². The Kier molecular flexibility index (Phi) is 4.88. The maximum atomic E-state index is 12.3. The van der Waals surface area contributed by atoms with Crippen LogP contribution in [0.2, 0.25) is 0 Å². The molecule has 0 spiro atoms. The normalized spacial score (nSPS) is 16.3. The minimum absolute atomic E-state index is 0.0796. The summed E-state index contributed by atoms with van der Waals surface area (Å²) in [7, 11) is 0. The third kappa shape index (κ3) is 3.89. The molecule has 0 unspecified atom stereocenters. The second-order valence-corrected chi connectivity index (χ2v) is 6.59. The maximum Gasteiger partial charge on any atom is 0.231 e. The van der Waals surface area contributed by atoms with Gasteiger partial charge in [-0.25, -0.2) is 0 Å². The van der Waals surface area contributed by atoms with Gasteiger partial charge in [0.1, 0.15) is 0 Å². The minimum Gasteiger partial charge on any atom is -0.454 e. The quantitative estimate of drug-likeness (QED) is 0.634. The molecular weight excluding hydrogens is 328 g/mol. The summed E-state index contributed by atoms with van der Waals surface area (Å²) < 4.78 is 10.6. The minimum atomic E-state index is -0.0796. The van der Waals surface area contributed by atoms with Gasteiger partial charge in [0.2, 0.25) is 6.79 Å². The molecule has 0 saturated carbocycles. The molecule has 134 valence electrons. The molecule has 2 aromatic carbocycles. The Morgan fingerprint density at radius 2 is 1.92 bits per heavy atom. The predicted molar refractivity (Wildman–Crippen MR) is 101 cm³/mol. The highest BCUT2D eigenvalue weighted by molar-refractivity contribution is 6.05. The lowest BCUT2D eigenvalue weighted by Crippen LogP contribution is -2.18. The fourth-order valence-electron chi connectivity index (χ4n) is 3.32. The number of nitrogens with zero attached hydrogens (tertiary/aromatic N) is 1. The Hall–Kier alpha value is -2.79. The molecule has 1 fully saturated rings. The zero-order valence-electron chi connectivity index (χ0n) is 14.6. The van der Waals surface area contributed by atoms with Crippen LogP contribution in [0.1, 0.15) is 28.8 Å². The van der Waals surface area contributed by atoms with Crippen LogP contribution in [0.25, 0.3) is 0 Å². The van der Waals surface area contributed by atoms with Crippen LogP contribution < -0.4 is 14.8 Å². The number of ketones is 1. The van der Waals surface area contributed by atoms with Crippen molar-refractivity contribution < 1.29 is 14.3 Å². The average Bonchev–Trinajstić information content (AvgIpc) is 3.32. The monoisotopic (exact) mass is 350 g/mol. The fraction of sp³-hybridized carbons (Fsp3) is 0.286. The number of benzene rings is 2. The molecule has 5 heteroatoms. The Labute approximate surface area is 153 Å². The Balaban J connectivity index is 1.36. The summed E-state index contributed by atoms with van der Waals surface area (Å²) in [4.78, 5) is 14.8. The van der Waals surface area contributed by atoms with Gasteiger partial charge in [0.15, 0.2) is 17.3 Å². The van der Waals surface area contributed by atoms with Crippen molar-refractivity contribution in [1.29, 1.82) is 0 Å². The first kappa shape index (κ1) is 16.7. The van der Waals surface area contributed by atoms with Gasteiger partial charge >= 0.3 is 0 Å². The number of likely N-dealkylation sites (tertiary alicyclic amines) is 1. The van der Waals surface area contributed by atoms with Gasteiger partial charge in [0.05, 0.1) is 0 Å². The van der Waals surface area contributed by atoms with Crippen LogP contribution in [-0.4, -0.2) is 30.6 Å². The van der Waals surface area contributed by atoms with Crippen molar-refractivity contribution >= 4 is 11.5 Å². The highest BCUT2D eigenvalue weighted by atomic mass is 16.7. The Morgan fingerprint density at radius 3 is 2.81 bits per heavy atom. The SMILES string of the molecule is O=C(/C=C/Nc1cccc(CN2CCCC2)c1)c1ccc2c(c1)OCO2. The number of hydrogen-bond donors (Lipinski definition) is 1. The third-order valence-corrected chi connectivity index (χ3v) is 4.67. The largest absolute Gasteiger partial charge is 0.454 e. The lowest BCUT2D eigenvalue weighted by Gasteiger charge is -2.15. The summed E-state index contributed by atoms with van der Waals surface area (Å²) in [5.41, 5.74) is 2.85. The number of ether oxygens (including phenoxy) is 2. The number of rotatable bonds is 6. The summed E-state index contributed by atoms with van der Waals surface area (Å²) in [6.07, 6.45) is 5.80. The van der Waals surface area contributed by atoms with E-state index in [0.717, 1.165) is 12.2 Å². The van der Waals surface area contributed by atoms with E-state index in [2.05, 4.69) is 22.3 Å². The second-order valence-electron chi connectivity index (χ2n) is 6.59. The molecule has 2 aromatic rings. The zero-order valence-corrected chi connectivity index (χ0v) is 14.6. The summed E-state index contributed by atoms with van der Waals surface area (Å²) in [6.45, 7) is 3.55. The number of carbonyl (C=O) groups is 1. The number of hydrogen-bond acceptors (Lipinski definition) is 5. The molecule has 4 rings (SSSR count). The fourth-order valence-corrected chi connectivity index (χ4v) is 3.32. The standard InChI is InChI=1S/C21H22N2O3/c24-19(17-6-7-20-21(13-17)26-15-25-20)8-9-22-18-5-3-4-16(12-18)14-23-10-1-2-11-23/h3-9,12-13,22H,1-2,10-11,14-15H2/b9-8+. The van der Waals surface area contributed by atoms with Crippen LogP contribution in [0.5, 0.6) is 11.5 Å². The number of anilines is 1. The van der Waals surface area contributed by atoms with Crippen molar-refractivity contribution in [2.75, 3.05) is 25.2 Å². The first-order chi connectivity index (χ1) is 12.8. The topological polar surface area (TPSA) is 50.8 Å². The van der Waals surface area contributed by atoms with E-state index in [9.17, 15) is 4.79 Å². The molecule has 1 saturated heterocycles. The molecule has 0 bridgehead atoms. The van der Waals surface area contributed by atoms with Gasteiger partial charge in [-0.15, -0.1) is 0 Å². The van der Waals surface area contributed by atoms with Gasteiger partial charge in [-0.1, -0.05) is 12.1 Å². The molecule has 2 aliphatic rings. The molecule has 2 heterocycles. The molecule has 0 atom stereocenters. The number of allylic oxidation sites excluding steroid dienone is 1. The van der Waals surface area contributed by atoms with Crippen LogP contribution in [0.3, 0.4) is 0 Å². The molecule has 26 heavy (non-hydrogen) atoms. The van der Waals surface area contributed by atoms with Crippen LogP contribution in [0.4, 0.5) is 5.69 Å². The first-order valence-electron chi connectivity index (χ1n) is 8.96. The Bertz CT molecular complexity index is 826. The lowest BCUT2D eigenvalue weighted by molar-refractivity contribution is 0.104. The van der Waals surface area contributed by atoms with Gasteiger partial charge in [-0.3, -0.25) is 9.69 Å².